The van der Waals surface area contributed by atoms with Crippen molar-refractivity contribution in [1.82, 2.24) is 4.90 Å². The lowest BCUT2D eigenvalue weighted by Gasteiger charge is -2.41. The maximum Gasteiger partial charge on any atom is 0.222 e. The number of benzene rings is 2. The second-order valence-corrected chi connectivity index (χ2v) is 7.95. The van der Waals surface area contributed by atoms with Gasteiger partial charge in [-0.15, -0.1) is 12.4 Å². The summed E-state index contributed by atoms with van der Waals surface area (Å²) in [6.07, 6.45) is -0.399. The Morgan fingerprint density at radius 1 is 0.935 bits per heavy atom. The predicted molar refractivity (Wildman–Crippen MR) is 130 cm³/mol. The van der Waals surface area contributed by atoms with Crippen LogP contribution in [0.5, 0.6) is 0 Å². The number of nitrogens with two attached hydrogens (primary N) is 1. The first-order valence-electron chi connectivity index (χ1n) is 10.4. The molecule has 0 aromatic heterocycles. The van der Waals surface area contributed by atoms with Crippen molar-refractivity contribution in [2.75, 3.05) is 36.5 Å². The molecule has 2 aromatic carbocycles. The summed E-state index contributed by atoms with van der Waals surface area (Å²) in [6, 6.07) is 12.8. The number of aliphatic imine (C=N–C) groups is 2. The molecule has 0 aliphatic carbocycles. The van der Waals surface area contributed by atoms with Gasteiger partial charge < -0.3 is 20.7 Å². The summed E-state index contributed by atoms with van der Waals surface area (Å²) in [5, 5.41) is 3.55. The van der Waals surface area contributed by atoms with Gasteiger partial charge in [0.05, 0.1) is 13.2 Å². The zero-order valence-corrected chi connectivity index (χ0v) is 19.4. The molecule has 7 nitrogen and oxygen atoms in total. The van der Waals surface area contributed by atoms with Gasteiger partial charge in [0.25, 0.3) is 0 Å². The fourth-order valence-corrected chi connectivity index (χ4v) is 3.67. The van der Waals surface area contributed by atoms with E-state index >= 15 is 0 Å². The van der Waals surface area contributed by atoms with Crippen LogP contribution in [-0.4, -0.2) is 49.4 Å². The normalized spacial score (nSPS) is 18.8. The number of morpholine rings is 1. The molecule has 31 heavy (non-hydrogen) atoms. The van der Waals surface area contributed by atoms with Crippen LogP contribution in [0.15, 0.2) is 46.4 Å². The van der Waals surface area contributed by atoms with Crippen LogP contribution in [0.2, 0.25) is 0 Å². The van der Waals surface area contributed by atoms with Gasteiger partial charge in [0.1, 0.15) is 0 Å². The number of nitrogens with one attached hydrogen (secondary N) is 1. The number of hydrogen-bond donors (Lipinski definition) is 2. The van der Waals surface area contributed by atoms with Crippen molar-refractivity contribution >= 4 is 35.7 Å². The van der Waals surface area contributed by atoms with E-state index in [2.05, 4.69) is 89.2 Å². The maximum atomic E-state index is 6.16. The van der Waals surface area contributed by atoms with E-state index in [1.807, 2.05) is 0 Å². The minimum atomic E-state index is -0.399. The van der Waals surface area contributed by atoms with Crippen LogP contribution in [0.25, 0.3) is 0 Å². The Hall–Kier alpha value is -2.77. The Kier molecular flexibility index (Phi) is 7.08. The third-order valence-electron chi connectivity index (χ3n) is 5.79. The Morgan fingerprint density at radius 3 is 2.23 bits per heavy atom. The number of guanidine groups is 2. The summed E-state index contributed by atoms with van der Waals surface area (Å²) in [7, 11) is 0. The standard InChI is InChI=1S/C23H30N6O.ClH/c1-15-5-7-19(13-17(15)3)25-22-26-21(24)27-23(28-9-11-30-12-10-28)29(22)20-8-6-16(2)18(4)14-20;/h5-8,13-14,22,25H,9-12H2,1-4H3,(H2,24,26);1H. The summed E-state index contributed by atoms with van der Waals surface area (Å²) in [5.41, 5.74) is 13.2. The number of nitrogens with zero attached hydrogens (tertiary/aromatic N) is 4. The van der Waals surface area contributed by atoms with Crippen LogP contribution in [0.1, 0.15) is 22.3 Å². The van der Waals surface area contributed by atoms with Gasteiger partial charge in [-0.3, -0.25) is 4.90 Å². The largest absolute Gasteiger partial charge is 0.378 e. The highest BCUT2D eigenvalue weighted by atomic mass is 35.5. The van der Waals surface area contributed by atoms with E-state index in [0.717, 1.165) is 30.4 Å². The number of anilines is 2. The lowest BCUT2D eigenvalue weighted by Crippen LogP contribution is -2.57. The summed E-state index contributed by atoms with van der Waals surface area (Å²) in [6.45, 7) is 11.3. The van der Waals surface area contributed by atoms with Crippen LogP contribution < -0.4 is 16.0 Å². The van der Waals surface area contributed by atoms with Crippen LogP contribution in [0.4, 0.5) is 11.4 Å². The van der Waals surface area contributed by atoms with Crippen molar-refractivity contribution in [2.24, 2.45) is 15.7 Å². The summed E-state index contributed by atoms with van der Waals surface area (Å²) in [5.74, 6) is 1.08. The van der Waals surface area contributed by atoms with Crippen LogP contribution in [-0.2, 0) is 4.74 Å². The monoisotopic (exact) mass is 442 g/mol. The van der Waals surface area contributed by atoms with Crippen molar-refractivity contribution in [3.05, 3.63) is 58.7 Å². The molecule has 0 bridgehead atoms. The lowest BCUT2D eigenvalue weighted by molar-refractivity contribution is 0.0671. The average Bonchev–Trinajstić information content (AvgIpc) is 2.73. The van der Waals surface area contributed by atoms with Gasteiger partial charge in [-0.2, -0.15) is 4.99 Å². The molecule has 0 radical (unpaired) electrons. The third-order valence-corrected chi connectivity index (χ3v) is 5.79. The molecule has 1 atom stereocenters. The van der Waals surface area contributed by atoms with Gasteiger partial charge in [0, 0.05) is 24.5 Å². The molecule has 0 amide bonds. The van der Waals surface area contributed by atoms with E-state index in [9.17, 15) is 0 Å². The number of hydrogen-bond acceptors (Lipinski definition) is 7. The molecule has 2 heterocycles. The molecule has 8 heteroatoms. The molecule has 166 valence electrons. The fraction of sp³-hybridized carbons (Fsp3) is 0.391. The van der Waals surface area contributed by atoms with Crippen molar-refractivity contribution in [3.63, 3.8) is 0 Å². The zero-order chi connectivity index (χ0) is 21.3. The van der Waals surface area contributed by atoms with Crippen molar-refractivity contribution in [2.45, 2.75) is 34.0 Å². The number of ether oxygens (including phenoxy) is 1. The summed E-state index contributed by atoms with van der Waals surface area (Å²) >= 11 is 0. The van der Waals surface area contributed by atoms with Crippen LogP contribution >= 0.6 is 12.4 Å². The van der Waals surface area contributed by atoms with Gasteiger partial charge in [-0.25, -0.2) is 4.99 Å². The maximum absolute atomic E-state index is 6.16. The molecule has 3 N–H and O–H groups in total. The molecular weight excluding hydrogens is 412 g/mol. The first kappa shape index (κ1) is 22.9. The fourth-order valence-electron chi connectivity index (χ4n) is 3.67. The Balaban J connectivity index is 0.00000272. The number of rotatable bonds is 3. The molecule has 2 aliphatic heterocycles. The van der Waals surface area contributed by atoms with E-state index in [1.165, 1.54) is 22.3 Å². The minimum absolute atomic E-state index is 0. The highest BCUT2D eigenvalue weighted by Crippen LogP contribution is 2.27. The first-order chi connectivity index (χ1) is 14.4. The Morgan fingerprint density at radius 2 is 1.58 bits per heavy atom. The summed E-state index contributed by atoms with van der Waals surface area (Å²) in [4.78, 5) is 13.6. The minimum Gasteiger partial charge on any atom is -0.378 e. The second-order valence-electron chi connectivity index (χ2n) is 7.95. The van der Waals surface area contributed by atoms with Gasteiger partial charge >= 0.3 is 0 Å². The smallest absolute Gasteiger partial charge is 0.222 e. The topological polar surface area (TPSA) is 78.5 Å². The van der Waals surface area contributed by atoms with E-state index in [4.69, 9.17) is 10.5 Å². The number of aryl methyl sites for hydroxylation is 4. The van der Waals surface area contributed by atoms with Gasteiger partial charge in [-0.05, 0) is 74.2 Å². The molecule has 4 rings (SSSR count). The molecular formula is C23H31ClN6O. The SMILES string of the molecule is Cc1ccc(NC2N=C(N)N=C(N3CCOCC3)N2c2ccc(C)c(C)c2)cc1C.Cl. The van der Waals surface area contributed by atoms with E-state index in [-0.39, 0.29) is 18.4 Å². The average molecular weight is 443 g/mol. The Labute approximate surface area is 190 Å². The highest BCUT2D eigenvalue weighted by Gasteiger charge is 2.32. The predicted octanol–water partition coefficient (Wildman–Crippen LogP) is 3.56. The van der Waals surface area contributed by atoms with Crippen LogP contribution in [0, 0.1) is 27.7 Å². The second kappa shape index (κ2) is 9.58. The molecule has 2 aromatic rings. The molecule has 0 saturated carbocycles. The highest BCUT2D eigenvalue weighted by molar-refractivity contribution is 6.06. The molecule has 1 fully saturated rings. The lowest BCUT2D eigenvalue weighted by atomic mass is 10.1. The zero-order valence-electron chi connectivity index (χ0n) is 18.6. The van der Waals surface area contributed by atoms with Gasteiger partial charge in [0.15, 0.2) is 0 Å². The van der Waals surface area contributed by atoms with Gasteiger partial charge in [0.2, 0.25) is 18.2 Å². The van der Waals surface area contributed by atoms with E-state index in [1.54, 1.807) is 0 Å². The van der Waals surface area contributed by atoms with Crippen molar-refractivity contribution < 1.29 is 4.74 Å². The molecule has 2 aliphatic rings. The van der Waals surface area contributed by atoms with E-state index in [0.29, 0.717) is 13.2 Å². The first-order valence-corrected chi connectivity index (χ1v) is 10.4. The quantitative estimate of drug-likeness (QED) is 0.759. The Bertz CT molecular complexity index is 1000. The van der Waals surface area contributed by atoms with E-state index < -0.39 is 6.29 Å². The molecule has 1 saturated heterocycles. The van der Waals surface area contributed by atoms with Gasteiger partial charge in [-0.1, -0.05) is 12.1 Å². The van der Waals surface area contributed by atoms with Crippen molar-refractivity contribution in [1.29, 1.82) is 0 Å². The summed E-state index contributed by atoms with van der Waals surface area (Å²) < 4.78 is 5.55. The number of halogens is 1. The molecule has 0 spiro atoms. The third kappa shape index (κ3) is 4.94. The van der Waals surface area contributed by atoms with Crippen molar-refractivity contribution in [3.8, 4) is 0 Å². The molecule has 1 unspecified atom stereocenters. The van der Waals surface area contributed by atoms with Crippen LogP contribution in [0.3, 0.4) is 0 Å².